The van der Waals surface area contributed by atoms with Crippen LogP contribution in [0.2, 0.25) is 0 Å². The van der Waals surface area contributed by atoms with Crippen LogP contribution in [0.3, 0.4) is 0 Å². The Labute approximate surface area is 116 Å². The van der Waals surface area contributed by atoms with E-state index in [-0.39, 0.29) is 12.0 Å². The molecule has 1 aromatic heterocycles. The summed E-state index contributed by atoms with van der Waals surface area (Å²) in [7, 11) is 0. The molecule has 19 heavy (non-hydrogen) atoms. The van der Waals surface area contributed by atoms with E-state index in [2.05, 4.69) is 22.4 Å². The first-order valence-electron chi connectivity index (χ1n) is 6.58. The Hall–Kier alpha value is -1.08. The van der Waals surface area contributed by atoms with Gasteiger partial charge in [-0.2, -0.15) is 16.7 Å². The molecule has 1 aromatic rings. The summed E-state index contributed by atoms with van der Waals surface area (Å²) >= 11 is 1.63. The fourth-order valence-electron chi connectivity index (χ4n) is 1.78. The molecule has 1 amide bonds. The molecule has 0 aromatic carbocycles. The highest BCUT2D eigenvalue weighted by Crippen LogP contribution is 2.26. The second-order valence-electron chi connectivity index (χ2n) is 4.38. The molecule has 1 aliphatic heterocycles. The Balaban J connectivity index is 1.72. The van der Waals surface area contributed by atoms with E-state index in [9.17, 15) is 4.79 Å². The first-order chi connectivity index (χ1) is 9.29. The van der Waals surface area contributed by atoms with Crippen molar-refractivity contribution in [2.24, 2.45) is 0 Å². The van der Waals surface area contributed by atoms with E-state index < -0.39 is 0 Å². The molecule has 0 spiro atoms. The fraction of sp³-hybridized carbons (Fsp3) is 0.750. The number of aromatic nitrogens is 2. The second-order valence-corrected chi connectivity index (χ2v) is 5.48. The summed E-state index contributed by atoms with van der Waals surface area (Å²) < 4.78 is 10.6. The monoisotopic (exact) mass is 285 g/mol. The smallest absolute Gasteiger partial charge is 0.255 e. The molecule has 0 radical (unpaired) electrons. The number of thioether (sulfide) groups is 1. The standard InChI is InChI=1S/C12H19N3O3S/c1-2-6-19-8-11(16)13-7-10-14-12(18-15-10)9-4-3-5-17-9/h9H,2-8H2,1H3,(H,13,16)/t9-/m1/s1. The predicted octanol–water partition coefficient (Wildman–Crippen LogP) is 1.68. The van der Waals surface area contributed by atoms with Crippen LogP contribution in [-0.4, -0.2) is 34.2 Å². The minimum Gasteiger partial charge on any atom is -0.368 e. The highest BCUT2D eigenvalue weighted by Gasteiger charge is 2.23. The number of hydrogen-bond acceptors (Lipinski definition) is 6. The van der Waals surface area contributed by atoms with Crippen molar-refractivity contribution < 1.29 is 14.1 Å². The van der Waals surface area contributed by atoms with Crippen molar-refractivity contribution >= 4 is 17.7 Å². The largest absolute Gasteiger partial charge is 0.368 e. The van der Waals surface area contributed by atoms with Gasteiger partial charge in [-0.15, -0.1) is 0 Å². The molecular formula is C12H19N3O3S. The van der Waals surface area contributed by atoms with Crippen LogP contribution < -0.4 is 5.32 Å². The molecule has 1 saturated heterocycles. The number of rotatable bonds is 7. The molecule has 6 nitrogen and oxygen atoms in total. The van der Waals surface area contributed by atoms with E-state index >= 15 is 0 Å². The van der Waals surface area contributed by atoms with Gasteiger partial charge in [-0.3, -0.25) is 4.79 Å². The summed E-state index contributed by atoms with van der Waals surface area (Å²) in [6.45, 7) is 3.15. The van der Waals surface area contributed by atoms with Crippen LogP contribution in [0.25, 0.3) is 0 Å². The van der Waals surface area contributed by atoms with Gasteiger partial charge in [-0.25, -0.2) is 0 Å². The van der Waals surface area contributed by atoms with Gasteiger partial charge in [0.2, 0.25) is 5.91 Å². The van der Waals surface area contributed by atoms with Crippen molar-refractivity contribution in [3.63, 3.8) is 0 Å². The summed E-state index contributed by atoms with van der Waals surface area (Å²) in [4.78, 5) is 15.7. The molecule has 1 aliphatic rings. The molecule has 1 atom stereocenters. The molecule has 106 valence electrons. The van der Waals surface area contributed by atoms with Gasteiger partial charge in [0, 0.05) is 6.61 Å². The molecule has 0 unspecified atom stereocenters. The molecule has 0 saturated carbocycles. The van der Waals surface area contributed by atoms with E-state index in [0.717, 1.165) is 31.6 Å². The maximum atomic E-state index is 11.5. The molecule has 2 heterocycles. The average molecular weight is 285 g/mol. The van der Waals surface area contributed by atoms with Gasteiger partial charge in [0.1, 0.15) is 6.10 Å². The van der Waals surface area contributed by atoms with E-state index in [1.54, 1.807) is 11.8 Å². The highest BCUT2D eigenvalue weighted by molar-refractivity contribution is 7.99. The maximum absolute atomic E-state index is 11.5. The average Bonchev–Trinajstić information content (AvgIpc) is 3.07. The molecule has 0 bridgehead atoms. The van der Waals surface area contributed by atoms with Crippen molar-refractivity contribution in [2.45, 2.75) is 38.8 Å². The summed E-state index contributed by atoms with van der Waals surface area (Å²) in [6.07, 6.45) is 2.94. The minimum atomic E-state index is -0.0722. The molecule has 0 aliphatic carbocycles. The van der Waals surface area contributed by atoms with Crippen LogP contribution in [0.4, 0.5) is 0 Å². The lowest BCUT2D eigenvalue weighted by Gasteiger charge is -2.02. The number of nitrogens with zero attached hydrogens (tertiary/aromatic N) is 2. The van der Waals surface area contributed by atoms with Crippen LogP contribution in [0.1, 0.15) is 44.0 Å². The van der Waals surface area contributed by atoms with Crippen molar-refractivity contribution in [1.82, 2.24) is 15.5 Å². The normalized spacial score (nSPS) is 18.7. The second kappa shape index (κ2) is 7.49. The third kappa shape index (κ3) is 4.50. The zero-order valence-corrected chi connectivity index (χ0v) is 11.9. The van der Waals surface area contributed by atoms with E-state index in [4.69, 9.17) is 9.26 Å². The summed E-state index contributed by atoms with van der Waals surface area (Å²) in [6, 6.07) is 0. The lowest BCUT2D eigenvalue weighted by molar-refractivity contribution is -0.118. The lowest BCUT2D eigenvalue weighted by Crippen LogP contribution is -2.25. The van der Waals surface area contributed by atoms with Crippen molar-refractivity contribution in [3.8, 4) is 0 Å². The third-order valence-electron chi connectivity index (χ3n) is 2.71. The molecule has 1 fully saturated rings. The molecule has 1 N–H and O–H groups in total. The number of ether oxygens (including phenoxy) is 1. The van der Waals surface area contributed by atoms with Gasteiger partial charge in [0.15, 0.2) is 5.82 Å². The van der Waals surface area contributed by atoms with Gasteiger partial charge in [-0.05, 0) is 25.0 Å². The summed E-state index contributed by atoms with van der Waals surface area (Å²) in [5, 5.41) is 6.62. The van der Waals surface area contributed by atoms with E-state index in [1.807, 2.05) is 0 Å². The van der Waals surface area contributed by atoms with Crippen LogP contribution in [0, 0.1) is 0 Å². The highest BCUT2D eigenvalue weighted by atomic mass is 32.2. The summed E-state index contributed by atoms with van der Waals surface area (Å²) in [5.41, 5.74) is 0. The Morgan fingerprint density at radius 1 is 1.58 bits per heavy atom. The van der Waals surface area contributed by atoms with Crippen LogP contribution >= 0.6 is 11.8 Å². The maximum Gasteiger partial charge on any atom is 0.255 e. The number of amides is 1. The third-order valence-corrected chi connectivity index (χ3v) is 3.88. The summed E-state index contributed by atoms with van der Waals surface area (Å²) in [5.74, 6) is 2.49. The topological polar surface area (TPSA) is 77.2 Å². The Bertz CT molecular complexity index is 405. The van der Waals surface area contributed by atoms with Crippen LogP contribution in [0.15, 0.2) is 4.52 Å². The molecule has 2 rings (SSSR count). The Kier molecular flexibility index (Phi) is 5.65. The zero-order valence-electron chi connectivity index (χ0n) is 11.1. The molecular weight excluding hydrogens is 266 g/mol. The SMILES string of the molecule is CCCSCC(=O)NCc1noc([C@H]2CCCO2)n1. The van der Waals surface area contributed by atoms with Crippen molar-refractivity contribution in [3.05, 3.63) is 11.7 Å². The van der Waals surface area contributed by atoms with Gasteiger partial charge in [0.25, 0.3) is 5.89 Å². The zero-order chi connectivity index (χ0) is 13.5. The Morgan fingerprint density at radius 3 is 3.21 bits per heavy atom. The lowest BCUT2D eigenvalue weighted by atomic mass is 10.2. The van der Waals surface area contributed by atoms with Gasteiger partial charge < -0.3 is 14.6 Å². The van der Waals surface area contributed by atoms with Gasteiger partial charge >= 0.3 is 0 Å². The van der Waals surface area contributed by atoms with Crippen LogP contribution in [-0.2, 0) is 16.1 Å². The quantitative estimate of drug-likeness (QED) is 0.768. The van der Waals surface area contributed by atoms with Gasteiger partial charge in [-0.1, -0.05) is 12.1 Å². The number of hydrogen-bond donors (Lipinski definition) is 1. The van der Waals surface area contributed by atoms with Gasteiger partial charge in [0.05, 0.1) is 12.3 Å². The van der Waals surface area contributed by atoms with Crippen molar-refractivity contribution in [1.29, 1.82) is 0 Å². The number of nitrogens with one attached hydrogen (secondary N) is 1. The van der Waals surface area contributed by atoms with Crippen LogP contribution in [0.5, 0.6) is 0 Å². The van der Waals surface area contributed by atoms with E-state index in [1.165, 1.54) is 0 Å². The minimum absolute atomic E-state index is 0.00177. The molecule has 7 heteroatoms. The van der Waals surface area contributed by atoms with E-state index in [0.29, 0.717) is 24.0 Å². The number of carbonyl (C=O) groups excluding carboxylic acids is 1. The first kappa shape index (κ1) is 14.3. The first-order valence-corrected chi connectivity index (χ1v) is 7.73. The predicted molar refractivity (Wildman–Crippen MR) is 71.7 cm³/mol. The number of carbonyl (C=O) groups is 1. The van der Waals surface area contributed by atoms with Crippen molar-refractivity contribution in [2.75, 3.05) is 18.1 Å². The fourth-order valence-corrected chi connectivity index (χ4v) is 2.50. The Morgan fingerprint density at radius 2 is 2.47 bits per heavy atom.